The van der Waals surface area contributed by atoms with Crippen LogP contribution >= 0.6 is 0 Å². The molecule has 3 N–H and O–H groups in total. The van der Waals surface area contributed by atoms with Crippen molar-refractivity contribution in [2.24, 2.45) is 5.16 Å². The number of hydrogen-bond donors (Lipinski definition) is 3. The molecule has 200 valence electrons. The summed E-state index contributed by atoms with van der Waals surface area (Å²) < 4.78 is 20.6. The van der Waals surface area contributed by atoms with Gasteiger partial charge < -0.3 is 23.9 Å². The van der Waals surface area contributed by atoms with Gasteiger partial charge in [0.2, 0.25) is 0 Å². The van der Waals surface area contributed by atoms with Crippen LogP contribution in [0.4, 0.5) is 0 Å². The largest absolute Gasteiger partial charge is 0.414 e. The maximum Gasteiger partial charge on any atom is 0.330 e. The normalized spacial score (nSPS) is 26.5. The lowest BCUT2D eigenvalue weighted by Crippen LogP contribution is -2.57. The molecule has 4 atom stereocenters. The summed E-state index contributed by atoms with van der Waals surface area (Å²) in [7, 11) is -4.69. The van der Waals surface area contributed by atoms with Gasteiger partial charge in [-0.3, -0.25) is 14.3 Å². The number of ether oxygens (including phenoxy) is 1. The summed E-state index contributed by atoms with van der Waals surface area (Å²) in [5, 5.41) is 24.1. The van der Waals surface area contributed by atoms with E-state index >= 15 is 0 Å². The van der Waals surface area contributed by atoms with Crippen LogP contribution in [-0.2, 0) is 13.6 Å². The van der Waals surface area contributed by atoms with Gasteiger partial charge in [-0.15, -0.1) is 5.16 Å². The third kappa shape index (κ3) is 6.23. The molecule has 0 saturated carbocycles. The third-order valence-electron chi connectivity index (χ3n) is 7.87. The lowest BCUT2D eigenvalue weighted by molar-refractivity contribution is -0.0835. The fourth-order valence-corrected chi connectivity index (χ4v) is 5.71. The lowest BCUT2D eigenvalue weighted by Gasteiger charge is -2.43. The number of nitrogens with zero attached hydrogens (tertiary/aromatic N) is 2. The fraction of sp³-hybridized carbons (Fsp3) is 0.783. The van der Waals surface area contributed by atoms with Crippen molar-refractivity contribution in [1.82, 2.24) is 9.55 Å². The van der Waals surface area contributed by atoms with E-state index in [1.807, 2.05) is 13.1 Å². The van der Waals surface area contributed by atoms with Gasteiger partial charge in [-0.05, 0) is 36.3 Å². The van der Waals surface area contributed by atoms with E-state index in [9.17, 15) is 14.7 Å². The average Bonchev–Trinajstić information content (AvgIpc) is 2.95. The molecule has 2 rings (SSSR count). The molecule has 0 spiro atoms. The van der Waals surface area contributed by atoms with Gasteiger partial charge in [0.1, 0.15) is 17.8 Å². The van der Waals surface area contributed by atoms with Crippen molar-refractivity contribution in [3.8, 4) is 0 Å². The molecule has 1 aliphatic rings. The fourth-order valence-electron chi connectivity index (χ4n) is 3.40. The van der Waals surface area contributed by atoms with Crippen molar-refractivity contribution in [3.05, 3.63) is 33.1 Å². The van der Waals surface area contributed by atoms with Crippen LogP contribution in [0.2, 0.25) is 36.3 Å². The maximum atomic E-state index is 12.7. The summed E-state index contributed by atoms with van der Waals surface area (Å²) in [6.07, 6.45) is -0.443. The Hall–Kier alpha value is -1.58. The molecule has 1 aromatic heterocycles. The first kappa shape index (κ1) is 29.7. The SMILES string of the molecule is CC(C)(C)[Si](C)(C)OC[C@@H]1O[C@H](n2ccc(=O)[nH]c2=O)[C@@H](O[Si](C)(C)C(C)(C)C)C1(O)C/C=N/O. The molecule has 35 heavy (non-hydrogen) atoms. The molecular weight excluding hydrogens is 486 g/mol. The van der Waals surface area contributed by atoms with E-state index in [4.69, 9.17) is 18.8 Å². The number of aromatic nitrogens is 2. The van der Waals surface area contributed by atoms with Crippen LogP contribution in [-0.4, -0.2) is 67.1 Å². The van der Waals surface area contributed by atoms with Crippen LogP contribution in [0, 0.1) is 0 Å². The van der Waals surface area contributed by atoms with Gasteiger partial charge in [0.15, 0.2) is 22.9 Å². The first-order chi connectivity index (χ1) is 15.8. The van der Waals surface area contributed by atoms with E-state index in [0.717, 1.165) is 0 Å². The van der Waals surface area contributed by atoms with E-state index in [0.29, 0.717) is 0 Å². The molecule has 1 aliphatic heterocycles. The Balaban J connectivity index is 2.61. The summed E-state index contributed by atoms with van der Waals surface area (Å²) >= 11 is 0. The van der Waals surface area contributed by atoms with E-state index in [2.05, 4.69) is 64.8 Å². The smallest absolute Gasteiger partial charge is 0.330 e. The highest BCUT2D eigenvalue weighted by atomic mass is 28.4. The van der Waals surface area contributed by atoms with Crippen molar-refractivity contribution in [2.75, 3.05) is 6.61 Å². The monoisotopic (exact) mass is 529 g/mol. The summed E-state index contributed by atoms with van der Waals surface area (Å²) in [5.41, 5.74) is -2.87. The second kappa shape index (κ2) is 10.1. The maximum absolute atomic E-state index is 12.7. The molecule has 0 radical (unpaired) electrons. The molecule has 1 unspecified atom stereocenters. The minimum absolute atomic E-state index is 0.0669. The highest BCUT2D eigenvalue weighted by Crippen LogP contribution is 2.47. The standard InChI is InChI=1S/C23H43N3O7Si2/c1-21(2,3)34(7,8)31-15-16-23(29,12-13-24-30)18(33-35(9,10)22(4,5)6)19(32-16)26-14-11-17(27)25-20(26)28/h11,13-14,16,18-19,29-30H,12,15H2,1-10H3,(H,25,27,28)/b24-13+/t16-,18+,19-,23?/m0/s1. The molecule has 0 aromatic carbocycles. The number of oxime groups is 1. The Morgan fingerprint density at radius 3 is 2.20 bits per heavy atom. The highest BCUT2D eigenvalue weighted by Gasteiger charge is 2.59. The molecule has 0 aliphatic carbocycles. The van der Waals surface area contributed by atoms with Gasteiger partial charge >= 0.3 is 5.69 Å². The molecule has 0 bridgehead atoms. The quantitative estimate of drug-likeness (QED) is 0.203. The summed E-state index contributed by atoms with van der Waals surface area (Å²) in [6, 6.07) is 1.22. The molecular formula is C23H43N3O7Si2. The first-order valence-electron chi connectivity index (χ1n) is 11.9. The van der Waals surface area contributed by atoms with Gasteiger partial charge in [0.05, 0.1) is 6.61 Å². The highest BCUT2D eigenvalue weighted by molar-refractivity contribution is 6.74. The Labute approximate surface area is 209 Å². The lowest BCUT2D eigenvalue weighted by atomic mass is 9.89. The molecule has 10 nitrogen and oxygen atoms in total. The van der Waals surface area contributed by atoms with Crippen LogP contribution in [0.3, 0.4) is 0 Å². The van der Waals surface area contributed by atoms with Crippen molar-refractivity contribution in [3.63, 3.8) is 0 Å². The minimum atomic E-state index is -2.49. The Morgan fingerprint density at radius 1 is 1.14 bits per heavy atom. The number of rotatable bonds is 8. The van der Waals surface area contributed by atoms with Crippen molar-refractivity contribution >= 4 is 22.8 Å². The van der Waals surface area contributed by atoms with Crippen LogP contribution < -0.4 is 11.2 Å². The van der Waals surface area contributed by atoms with Crippen molar-refractivity contribution in [2.45, 2.75) is 108 Å². The number of nitrogens with one attached hydrogen (secondary N) is 1. The van der Waals surface area contributed by atoms with Crippen molar-refractivity contribution in [1.29, 1.82) is 0 Å². The van der Waals surface area contributed by atoms with E-state index in [-0.39, 0.29) is 23.1 Å². The predicted molar refractivity (Wildman–Crippen MR) is 140 cm³/mol. The van der Waals surface area contributed by atoms with E-state index in [1.54, 1.807) is 0 Å². The summed E-state index contributed by atoms with van der Waals surface area (Å²) in [5.74, 6) is 0. The molecule has 2 heterocycles. The van der Waals surface area contributed by atoms with Crippen LogP contribution in [0.15, 0.2) is 27.0 Å². The minimum Gasteiger partial charge on any atom is -0.414 e. The number of aromatic amines is 1. The van der Waals surface area contributed by atoms with Crippen LogP contribution in [0.25, 0.3) is 0 Å². The number of H-pyrrole nitrogens is 1. The molecule has 1 aromatic rings. The zero-order chi connectivity index (χ0) is 27.0. The topological polar surface area (TPSA) is 135 Å². The second-order valence-electron chi connectivity index (χ2n) is 12.4. The summed E-state index contributed by atoms with van der Waals surface area (Å²) in [4.78, 5) is 26.7. The van der Waals surface area contributed by atoms with Gasteiger partial charge in [0, 0.05) is 24.9 Å². The first-order valence-corrected chi connectivity index (χ1v) is 17.8. The molecule has 12 heteroatoms. The average molecular weight is 530 g/mol. The van der Waals surface area contributed by atoms with Gasteiger partial charge in [-0.25, -0.2) is 4.79 Å². The number of aliphatic hydroxyl groups is 1. The molecule has 1 fully saturated rings. The van der Waals surface area contributed by atoms with Crippen LogP contribution in [0.1, 0.15) is 54.2 Å². The van der Waals surface area contributed by atoms with Gasteiger partial charge in [-0.1, -0.05) is 41.5 Å². The van der Waals surface area contributed by atoms with Crippen LogP contribution in [0.5, 0.6) is 0 Å². The predicted octanol–water partition coefficient (Wildman–Crippen LogP) is 3.43. The molecule has 0 amide bonds. The Morgan fingerprint density at radius 2 is 1.71 bits per heavy atom. The molecule has 1 saturated heterocycles. The zero-order valence-corrected chi connectivity index (χ0v) is 24.7. The number of hydrogen-bond acceptors (Lipinski definition) is 8. The summed E-state index contributed by atoms with van der Waals surface area (Å²) in [6.45, 7) is 20.9. The zero-order valence-electron chi connectivity index (χ0n) is 22.7. The van der Waals surface area contributed by atoms with E-state index in [1.165, 1.54) is 23.0 Å². The van der Waals surface area contributed by atoms with Gasteiger partial charge in [0.25, 0.3) is 5.56 Å². The second-order valence-corrected chi connectivity index (χ2v) is 22.0. The Kier molecular flexibility index (Phi) is 8.52. The van der Waals surface area contributed by atoms with Crippen molar-refractivity contribution < 1.29 is 23.9 Å². The Bertz CT molecular complexity index is 1020. The van der Waals surface area contributed by atoms with Gasteiger partial charge in [-0.2, -0.15) is 0 Å². The third-order valence-corrected chi connectivity index (χ3v) is 16.8. The van der Waals surface area contributed by atoms with E-state index < -0.39 is 51.9 Å².